The number of hydrogen-bond donors (Lipinski definition) is 7. The number of nitrogens with one attached hydrogen (secondary N) is 7. The molecule has 0 bridgehead atoms. The summed E-state index contributed by atoms with van der Waals surface area (Å²) in [7, 11) is 0. The van der Waals surface area contributed by atoms with E-state index in [0.29, 0.717) is 12.1 Å². The average Bonchev–Trinajstić information content (AvgIpc) is 2.67. The molecule has 0 aromatic rings. The minimum atomic E-state index is 0.239. The Morgan fingerprint density at radius 1 is 0.647 bits per heavy atom. The van der Waals surface area contributed by atoms with Crippen molar-refractivity contribution in [3.05, 3.63) is 12.3 Å². The maximum Gasteiger partial charge on any atom is 0.0315 e. The van der Waals surface area contributed by atoms with Gasteiger partial charge in [-0.05, 0) is 107 Å². The molecular formula is C27H57N7. The minimum Gasteiger partial charge on any atom is -0.316 e. The van der Waals surface area contributed by atoms with Gasteiger partial charge in [-0.3, -0.25) is 0 Å². The lowest BCUT2D eigenvalue weighted by molar-refractivity contribution is 0.145. The molecule has 2 saturated heterocycles. The van der Waals surface area contributed by atoms with E-state index in [9.17, 15) is 0 Å². The van der Waals surface area contributed by atoms with E-state index < -0.39 is 0 Å². The van der Waals surface area contributed by atoms with Crippen LogP contribution in [0.25, 0.3) is 0 Å². The van der Waals surface area contributed by atoms with E-state index >= 15 is 0 Å². The molecule has 0 aromatic carbocycles. The zero-order valence-corrected chi connectivity index (χ0v) is 23.6. The molecule has 0 amide bonds. The third-order valence-electron chi connectivity index (χ3n) is 6.93. The molecule has 2 fully saturated rings. The largest absolute Gasteiger partial charge is 0.316 e. The van der Waals surface area contributed by atoms with Crippen molar-refractivity contribution in [3.63, 3.8) is 0 Å². The first-order valence-electron chi connectivity index (χ1n) is 13.7. The Bertz CT molecular complexity index is 528. The summed E-state index contributed by atoms with van der Waals surface area (Å²) in [5.41, 5.74) is 9.23. The third-order valence-corrected chi connectivity index (χ3v) is 6.93. The van der Waals surface area contributed by atoms with Crippen LogP contribution in [0, 0.1) is 0 Å². The molecule has 34 heavy (non-hydrogen) atoms. The molecule has 7 N–H and O–H groups in total. The Morgan fingerprint density at radius 2 is 1.06 bits per heavy atom. The highest BCUT2D eigenvalue weighted by atomic mass is 15.6. The van der Waals surface area contributed by atoms with Crippen molar-refractivity contribution in [2.75, 3.05) is 19.6 Å². The minimum absolute atomic E-state index is 0.239. The summed E-state index contributed by atoms with van der Waals surface area (Å²) in [6.45, 7) is 21.9. The normalized spacial score (nSPS) is 25.8. The molecule has 0 radical (unpaired) electrons. The summed E-state index contributed by atoms with van der Waals surface area (Å²) in [6.07, 6.45) is 14.0. The molecule has 3 aliphatic heterocycles. The Kier molecular flexibility index (Phi) is 11.3. The van der Waals surface area contributed by atoms with Gasteiger partial charge in [-0.15, -0.1) is 0 Å². The molecule has 7 heteroatoms. The molecule has 200 valence electrons. The van der Waals surface area contributed by atoms with Crippen LogP contribution in [0.4, 0.5) is 0 Å². The van der Waals surface area contributed by atoms with Crippen molar-refractivity contribution in [1.29, 1.82) is 0 Å². The maximum atomic E-state index is 3.83. The summed E-state index contributed by atoms with van der Waals surface area (Å²) in [4.78, 5) is 0. The summed E-state index contributed by atoms with van der Waals surface area (Å²) in [6, 6.07) is 1.30. The van der Waals surface area contributed by atoms with E-state index in [1.165, 1.54) is 64.5 Å². The van der Waals surface area contributed by atoms with Crippen LogP contribution in [0.5, 0.6) is 0 Å². The fraction of sp³-hybridized carbons (Fsp3) is 0.926. The summed E-state index contributed by atoms with van der Waals surface area (Å²) >= 11 is 0. The fourth-order valence-corrected chi connectivity index (χ4v) is 6.47. The van der Waals surface area contributed by atoms with Gasteiger partial charge in [0.05, 0.1) is 0 Å². The van der Waals surface area contributed by atoms with Crippen molar-refractivity contribution in [1.82, 2.24) is 37.7 Å². The zero-order valence-electron chi connectivity index (χ0n) is 23.6. The lowest BCUT2D eigenvalue weighted by atomic mass is 9.79. The van der Waals surface area contributed by atoms with Gasteiger partial charge in [0.25, 0.3) is 0 Å². The van der Waals surface area contributed by atoms with Gasteiger partial charge >= 0.3 is 0 Å². The second-order valence-electron chi connectivity index (χ2n) is 13.4. The number of rotatable bonds is 9. The molecule has 3 heterocycles. The lowest BCUT2D eigenvalue weighted by Gasteiger charge is -2.47. The first-order chi connectivity index (χ1) is 15.8. The molecule has 3 aliphatic rings. The summed E-state index contributed by atoms with van der Waals surface area (Å²) in [5, 5.41) is 15.2. The number of unbranched alkanes of at least 4 members (excludes halogenated alkanes) is 3. The number of piperidine rings is 2. The Labute approximate surface area is 210 Å². The van der Waals surface area contributed by atoms with Crippen molar-refractivity contribution in [2.24, 2.45) is 0 Å². The summed E-state index contributed by atoms with van der Waals surface area (Å²) < 4.78 is 0. The Hall–Kier alpha value is -0.700. The first kappa shape index (κ1) is 29.5. The number of hydrogen-bond acceptors (Lipinski definition) is 7. The van der Waals surface area contributed by atoms with Gasteiger partial charge in [-0.25, -0.2) is 5.43 Å². The second-order valence-corrected chi connectivity index (χ2v) is 13.4. The average molecular weight is 480 g/mol. The van der Waals surface area contributed by atoms with Crippen LogP contribution in [0.2, 0.25) is 0 Å². The SMILES string of the molecule is C1=CNNNC1.CC1(C)CC(NCCCCCCNC2CC(C)(C)NC(C)(C)C2)CC(C)(C)N1. The topological polar surface area (TPSA) is 84.2 Å². The van der Waals surface area contributed by atoms with E-state index in [-0.39, 0.29) is 22.2 Å². The molecular weight excluding hydrogens is 422 g/mol. The highest BCUT2D eigenvalue weighted by molar-refractivity contribution is 5.00. The fourth-order valence-electron chi connectivity index (χ4n) is 6.47. The van der Waals surface area contributed by atoms with Gasteiger partial charge in [-0.1, -0.05) is 18.9 Å². The highest BCUT2D eigenvalue weighted by Crippen LogP contribution is 2.29. The number of hydrazine groups is 2. The van der Waals surface area contributed by atoms with Crippen LogP contribution < -0.4 is 37.7 Å². The Balaban J connectivity index is 0.000000589. The van der Waals surface area contributed by atoms with E-state index in [2.05, 4.69) is 93.0 Å². The Morgan fingerprint density at radius 3 is 1.32 bits per heavy atom. The standard InChI is InChI=1S/C24H50N4.C3H7N3/c1-21(2)15-19(16-22(3,4)27-21)25-13-11-9-10-12-14-26-20-17-23(5,6)28-24(7,8)18-20;1-2-4-6-5-3-1/h19-20,25-28H,9-18H2,1-8H3;1-2,4-6H,3H2. The van der Waals surface area contributed by atoms with Crippen molar-refractivity contribution in [3.8, 4) is 0 Å². The smallest absolute Gasteiger partial charge is 0.0315 e. The predicted molar refractivity (Wildman–Crippen MR) is 147 cm³/mol. The van der Waals surface area contributed by atoms with Gasteiger partial charge in [0.2, 0.25) is 0 Å². The third kappa shape index (κ3) is 12.3. The lowest BCUT2D eigenvalue weighted by Crippen LogP contribution is -2.61. The van der Waals surface area contributed by atoms with Crippen molar-refractivity contribution in [2.45, 2.75) is 141 Å². The van der Waals surface area contributed by atoms with E-state index in [4.69, 9.17) is 0 Å². The van der Waals surface area contributed by atoms with Crippen molar-refractivity contribution < 1.29 is 0 Å². The molecule has 0 spiro atoms. The predicted octanol–water partition coefficient (Wildman–Crippen LogP) is 3.46. The second kappa shape index (κ2) is 13.0. The van der Waals surface area contributed by atoms with E-state index in [0.717, 1.165) is 6.54 Å². The van der Waals surface area contributed by atoms with Crippen LogP contribution in [0.1, 0.15) is 107 Å². The van der Waals surface area contributed by atoms with Gasteiger partial charge in [-0.2, -0.15) is 5.53 Å². The van der Waals surface area contributed by atoms with Gasteiger partial charge in [0.15, 0.2) is 0 Å². The monoisotopic (exact) mass is 479 g/mol. The van der Waals surface area contributed by atoms with E-state index in [1.54, 1.807) is 0 Å². The van der Waals surface area contributed by atoms with Gasteiger partial charge in [0, 0.05) is 47.0 Å². The molecule has 7 nitrogen and oxygen atoms in total. The molecule has 0 aromatic heterocycles. The zero-order chi connectivity index (χ0) is 25.3. The van der Waals surface area contributed by atoms with Crippen LogP contribution in [-0.4, -0.2) is 53.9 Å². The van der Waals surface area contributed by atoms with Crippen LogP contribution in [0.15, 0.2) is 12.3 Å². The van der Waals surface area contributed by atoms with Crippen LogP contribution >= 0.6 is 0 Å². The van der Waals surface area contributed by atoms with Gasteiger partial charge < -0.3 is 26.7 Å². The quantitative estimate of drug-likeness (QED) is 0.255. The summed E-state index contributed by atoms with van der Waals surface area (Å²) in [5.74, 6) is 0. The van der Waals surface area contributed by atoms with E-state index in [1.807, 2.05) is 12.3 Å². The molecule has 0 atom stereocenters. The molecule has 0 saturated carbocycles. The van der Waals surface area contributed by atoms with Gasteiger partial charge in [0.1, 0.15) is 0 Å². The molecule has 0 aliphatic carbocycles. The van der Waals surface area contributed by atoms with Crippen molar-refractivity contribution >= 4 is 0 Å². The molecule has 0 unspecified atom stereocenters. The maximum absolute atomic E-state index is 3.83. The van der Waals surface area contributed by atoms with Crippen LogP contribution in [0.3, 0.4) is 0 Å². The van der Waals surface area contributed by atoms with Crippen LogP contribution in [-0.2, 0) is 0 Å². The first-order valence-corrected chi connectivity index (χ1v) is 13.7. The molecule has 3 rings (SSSR count). The highest BCUT2D eigenvalue weighted by Gasteiger charge is 2.38.